The summed E-state index contributed by atoms with van der Waals surface area (Å²) in [7, 11) is 0. The number of rotatable bonds is 7. The Balaban J connectivity index is 1.43. The van der Waals surface area contributed by atoms with E-state index in [2.05, 4.69) is 67.4 Å². The number of aromatic amines is 1. The molecular formula is C31H28FN3OS. The van der Waals surface area contributed by atoms with E-state index < -0.39 is 0 Å². The topological polar surface area (TPSA) is 50.7 Å². The molecule has 0 spiro atoms. The van der Waals surface area contributed by atoms with Gasteiger partial charge < -0.3 is 9.55 Å². The highest BCUT2D eigenvalue weighted by Gasteiger charge is 2.20. The number of imidazole rings is 1. The van der Waals surface area contributed by atoms with E-state index >= 15 is 0 Å². The van der Waals surface area contributed by atoms with Gasteiger partial charge in [0.25, 0.3) is 0 Å². The van der Waals surface area contributed by atoms with Crippen LogP contribution < -0.4 is 0 Å². The van der Waals surface area contributed by atoms with Crippen LogP contribution in [0.25, 0.3) is 28.2 Å². The number of halogens is 1. The number of Topliss-reactive ketones (excluding diaryl/α,β-unsaturated/α-hetero) is 1. The highest BCUT2D eigenvalue weighted by molar-refractivity contribution is 7.99. The molecule has 0 unspecified atom stereocenters. The van der Waals surface area contributed by atoms with Gasteiger partial charge in [-0.2, -0.15) is 0 Å². The molecule has 0 amide bonds. The number of aryl methyl sites for hydroxylation is 3. The Labute approximate surface area is 220 Å². The number of nitrogens with one attached hydrogen (secondary N) is 1. The van der Waals surface area contributed by atoms with Crippen molar-refractivity contribution in [3.05, 3.63) is 113 Å². The maximum atomic E-state index is 14.5. The number of hydrogen-bond donors (Lipinski definition) is 1. The zero-order chi connectivity index (χ0) is 26.1. The quantitative estimate of drug-likeness (QED) is 0.179. The zero-order valence-corrected chi connectivity index (χ0v) is 22.1. The van der Waals surface area contributed by atoms with Gasteiger partial charge in [0.2, 0.25) is 0 Å². The molecule has 0 aliphatic rings. The Bertz CT molecular complexity index is 1520. The number of carbonyl (C=O) groups excluding carboxylic acids is 1. The summed E-state index contributed by atoms with van der Waals surface area (Å²) in [5.74, 6) is -0.123. The third kappa shape index (κ3) is 5.02. The van der Waals surface area contributed by atoms with Crippen LogP contribution in [0.5, 0.6) is 0 Å². The van der Waals surface area contributed by atoms with Crippen LogP contribution in [0, 0.1) is 33.5 Å². The Kier molecular flexibility index (Phi) is 6.85. The van der Waals surface area contributed by atoms with Crippen LogP contribution in [-0.4, -0.2) is 26.1 Å². The Morgan fingerprint density at radius 3 is 2.16 bits per heavy atom. The summed E-state index contributed by atoms with van der Waals surface area (Å²) >= 11 is 1.38. The van der Waals surface area contributed by atoms with Gasteiger partial charge >= 0.3 is 0 Å². The third-order valence-corrected chi connectivity index (χ3v) is 7.39. The fourth-order valence-corrected chi connectivity index (χ4v) is 5.28. The molecule has 37 heavy (non-hydrogen) atoms. The zero-order valence-electron chi connectivity index (χ0n) is 21.3. The van der Waals surface area contributed by atoms with Crippen molar-refractivity contribution in [1.82, 2.24) is 14.5 Å². The molecule has 0 bridgehead atoms. The van der Waals surface area contributed by atoms with Gasteiger partial charge in [-0.3, -0.25) is 4.79 Å². The van der Waals surface area contributed by atoms with Gasteiger partial charge in [-0.25, -0.2) is 9.37 Å². The van der Waals surface area contributed by atoms with Crippen molar-refractivity contribution in [3.63, 3.8) is 0 Å². The van der Waals surface area contributed by atoms with Crippen molar-refractivity contribution in [2.45, 2.75) is 32.9 Å². The Hall–Kier alpha value is -3.90. The van der Waals surface area contributed by atoms with Crippen molar-refractivity contribution in [1.29, 1.82) is 0 Å². The fraction of sp³-hybridized carbons (Fsp3) is 0.161. The summed E-state index contributed by atoms with van der Waals surface area (Å²) < 4.78 is 16.3. The third-order valence-electron chi connectivity index (χ3n) is 6.51. The number of aromatic nitrogens is 3. The molecule has 0 saturated heterocycles. The number of nitrogens with zero attached hydrogens (tertiary/aromatic N) is 2. The molecule has 0 radical (unpaired) electrons. The van der Waals surface area contributed by atoms with Crippen LogP contribution in [0.3, 0.4) is 0 Å². The van der Waals surface area contributed by atoms with Crippen LogP contribution in [-0.2, 0) is 0 Å². The average molecular weight is 510 g/mol. The van der Waals surface area contributed by atoms with E-state index in [4.69, 9.17) is 4.98 Å². The molecule has 5 rings (SSSR count). The second-order valence-corrected chi connectivity index (χ2v) is 10.2. The van der Waals surface area contributed by atoms with Gasteiger partial charge in [0, 0.05) is 28.1 Å². The second kappa shape index (κ2) is 10.2. The van der Waals surface area contributed by atoms with E-state index in [0.29, 0.717) is 16.4 Å². The summed E-state index contributed by atoms with van der Waals surface area (Å²) in [6, 6.07) is 25.1. The van der Waals surface area contributed by atoms with Crippen LogP contribution >= 0.6 is 11.8 Å². The summed E-state index contributed by atoms with van der Waals surface area (Å²) in [5, 5.41) is 0.683. The first-order valence-corrected chi connectivity index (χ1v) is 13.1. The molecule has 0 saturated carbocycles. The van der Waals surface area contributed by atoms with Crippen LogP contribution in [0.1, 0.15) is 32.9 Å². The van der Waals surface area contributed by atoms with E-state index in [1.165, 1.54) is 29.0 Å². The number of hydrogen-bond acceptors (Lipinski definition) is 3. The molecule has 3 aromatic carbocycles. The Morgan fingerprint density at radius 2 is 1.51 bits per heavy atom. The molecule has 0 fully saturated rings. The summed E-state index contributed by atoms with van der Waals surface area (Å²) in [5.41, 5.74) is 8.80. The molecule has 1 N–H and O–H groups in total. The van der Waals surface area contributed by atoms with Crippen LogP contribution in [0.2, 0.25) is 0 Å². The molecule has 5 aromatic rings. The fourth-order valence-electron chi connectivity index (χ4n) is 4.53. The minimum absolute atomic E-state index is 0.0224. The van der Waals surface area contributed by atoms with E-state index in [0.717, 1.165) is 33.9 Å². The van der Waals surface area contributed by atoms with E-state index in [9.17, 15) is 9.18 Å². The molecule has 0 aliphatic carbocycles. The van der Waals surface area contributed by atoms with Gasteiger partial charge in [0.15, 0.2) is 10.9 Å². The number of thioether (sulfide) groups is 1. The van der Waals surface area contributed by atoms with E-state index in [1.54, 1.807) is 22.8 Å². The number of carbonyl (C=O) groups is 1. The lowest BCUT2D eigenvalue weighted by Crippen LogP contribution is -2.06. The van der Waals surface area contributed by atoms with Crippen molar-refractivity contribution in [2.75, 3.05) is 5.75 Å². The first kappa shape index (κ1) is 24.8. The first-order valence-electron chi connectivity index (χ1n) is 12.2. The monoisotopic (exact) mass is 509 g/mol. The molecule has 186 valence electrons. The highest BCUT2D eigenvalue weighted by Crippen LogP contribution is 2.33. The summed E-state index contributed by atoms with van der Waals surface area (Å²) in [6.45, 7) is 7.87. The number of para-hydroxylation sites is 1. The van der Waals surface area contributed by atoms with Gasteiger partial charge in [-0.15, -0.1) is 0 Å². The van der Waals surface area contributed by atoms with Crippen molar-refractivity contribution in [3.8, 4) is 28.2 Å². The normalized spacial score (nSPS) is 11.2. The molecule has 6 heteroatoms. The van der Waals surface area contributed by atoms with Gasteiger partial charge in [-0.05, 0) is 45.9 Å². The van der Waals surface area contributed by atoms with Crippen LogP contribution in [0.15, 0.2) is 84.0 Å². The van der Waals surface area contributed by atoms with Gasteiger partial charge in [-0.1, -0.05) is 83.6 Å². The minimum Gasteiger partial charge on any atom is -0.332 e. The standard InChI is InChI=1S/C31H28FN3OS/c1-19-9-13-23(14-10-19)29-30(24-15-11-20(2)12-16-24)34-31(33-29)37-18-28(36)25-17-21(3)35(22(25)4)27-8-6-5-7-26(27)32/h5-17H,18H2,1-4H3,(H,33,34). The lowest BCUT2D eigenvalue weighted by Gasteiger charge is -2.10. The molecule has 4 nitrogen and oxygen atoms in total. The maximum Gasteiger partial charge on any atom is 0.175 e. The molecule has 2 aromatic heterocycles. The van der Waals surface area contributed by atoms with E-state index in [1.807, 2.05) is 19.9 Å². The average Bonchev–Trinajstić information content (AvgIpc) is 3.44. The number of ketones is 1. The molecule has 0 atom stereocenters. The van der Waals surface area contributed by atoms with Crippen molar-refractivity contribution >= 4 is 17.5 Å². The smallest absolute Gasteiger partial charge is 0.175 e. The van der Waals surface area contributed by atoms with E-state index in [-0.39, 0.29) is 17.4 Å². The molecular weight excluding hydrogens is 481 g/mol. The number of H-pyrrole nitrogens is 1. The first-order chi connectivity index (χ1) is 17.8. The summed E-state index contributed by atoms with van der Waals surface area (Å²) in [6.07, 6.45) is 0. The number of benzene rings is 3. The SMILES string of the molecule is Cc1ccc(-c2nc(SCC(=O)c3cc(C)n(-c4ccccc4F)c3C)[nH]c2-c2ccc(C)cc2)cc1. The highest BCUT2D eigenvalue weighted by atomic mass is 32.2. The molecule has 2 heterocycles. The second-order valence-electron chi connectivity index (χ2n) is 9.28. The lowest BCUT2D eigenvalue weighted by molar-refractivity contribution is 0.102. The van der Waals surface area contributed by atoms with Crippen LogP contribution in [0.4, 0.5) is 4.39 Å². The van der Waals surface area contributed by atoms with Gasteiger partial charge in [0.05, 0.1) is 22.8 Å². The summed E-state index contributed by atoms with van der Waals surface area (Å²) in [4.78, 5) is 21.6. The predicted molar refractivity (Wildman–Crippen MR) is 149 cm³/mol. The molecule has 0 aliphatic heterocycles. The van der Waals surface area contributed by atoms with Crippen molar-refractivity contribution in [2.24, 2.45) is 0 Å². The Morgan fingerprint density at radius 1 is 0.892 bits per heavy atom. The predicted octanol–water partition coefficient (Wildman–Crippen LogP) is 7.88. The lowest BCUT2D eigenvalue weighted by atomic mass is 10.0. The maximum absolute atomic E-state index is 14.5. The van der Waals surface area contributed by atoms with Crippen molar-refractivity contribution < 1.29 is 9.18 Å². The largest absolute Gasteiger partial charge is 0.332 e. The minimum atomic E-state index is -0.319. The van der Waals surface area contributed by atoms with Gasteiger partial charge in [0.1, 0.15) is 5.82 Å².